The van der Waals surface area contributed by atoms with Crippen molar-refractivity contribution in [2.45, 2.75) is 38.5 Å². The number of fused-ring (bicyclic) bond motifs is 1. The Kier molecular flexibility index (Phi) is 4.88. The highest BCUT2D eigenvalue weighted by molar-refractivity contribution is 7.22. The molecule has 2 saturated heterocycles. The molecule has 4 nitrogen and oxygen atoms in total. The first-order valence-electron chi connectivity index (χ1n) is 9.30. The Balaban J connectivity index is 1.39. The average Bonchev–Trinajstić information content (AvgIpc) is 2.86. The van der Waals surface area contributed by atoms with E-state index >= 15 is 0 Å². The van der Waals surface area contributed by atoms with Crippen molar-refractivity contribution < 1.29 is 9.18 Å². The quantitative estimate of drug-likeness (QED) is 0.809. The van der Waals surface area contributed by atoms with Crippen LogP contribution in [0.5, 0.6) is 0 Å². The number of benzene rings is 1. The van der Waals surface area contributed by atoms with Gasteiger partial charge in [0.15, 0.2) is 5.13 Å². The smallest absolute Gasteiger partial charge is 0.225 e. The molecule has 25 heavy (non-hydrogen) atoms. The van der Waals surface area contributed by atoms with E-state index in [0.29, 0.717) is 5.91 Å². The van der Waals surface area contributed by atoms with Crippen molar-refractivity contribution in [2.75, 3.05) is 31.1 Å². The number of hydrogen-bond donors (Lipinski definition) is 0. The minimum absolute atomic E-state index is 0.154. The van der Waals surface area contributed by atoms with Crippen LogP contribution < -0.4 is 4.90 Å². The number of amides is 1. The van der Waals surface area contributed by atoms with E-state index < -0.39 is 0 Å². The molecular weight excluding hydrogens is 337 g/mol. The number of thiazole rings is 1. The van der Waals surface area contributed by atoms with E-state index in [4.69, 9.17) is 0 Å². The molecule has 0 saturated carbocycles. The van der Waals surface area contributed by atoms with Crippen LogP contribution in [0.4, 0.5) is 9.52 Å². The fourth-order valence-electron chi connectivity index (χ4n) is 3.89. The number of carbonyl (C=O) groups excluding carboxylic acids is 1. The number of piperidine rings is 1. The second-order valence-corrected chi connectivity index (χ2v) is 8.12. The molecule has 0 spiro atoms. The highest BCUT2D eigenvalue weighted by Gasteiger charge is 2.29. The highest BCUT2D eigenvalue weighted by Crippen LogP contribution is 2.32. The van der Waals surface area contributed by atoms with Gasteiger partial charge >= 0.3 is 0 Å². The summed E-state index contributed by atoms with van der Waals surface area (Å²) in [6.07, 6.45) is 6.57. The summed E-state index contributed by atoms with van der Waals surface area (Å²) in [6, 6.07) is 4.74. The number of nitrogens with zero attached hydrogens (tertiary/aromatic N) is 3. The molecule has 1 aromatic carbocycles. The standard InChI is InChI=1S/C19H24FN3OS/c20-15-5-6-16-17(13-15)25-19(21-16)23-11-7-14(8-12-23)18(24)22-9-3-1-2-4-10-22/h5-6,13-14H,1-4,7-12H2. The lowest BCUT2D eigenvalue weighted by Gasteiger charge is -2.33. The predicted molar refractivity (Wildman–Crippen MR) is 99.6 cm³/mol. The number of aromatic nitrogens is 1. The van der Waals surface area contributed by atoms with Gasteiger partial charge in [0, 0.05) is 32.1 Å². The summed E-state index contributed by atoms with van der Waals surface area (Å²) < 4.78 is 14.2. The molecular formula is C19H24FN3OS. The third kappa shape index (κ3) is 3.64. The molecule has 134 valence electrons. The van der Waals surface area contributed by atoms with Crippen LogP contribution in [0.15, 0.2) is 18.2 Å². The van der Waals surface area contributed by atoms with E-state index in [1.807, 2.05) is 0 Å². The summed E-state index contributed by atoms with van der Waals surface area (Å²) in [7, 11) is 0. The maximum atomic E-state index is 13.4. The zero-order valence-corrected chi connectivity index (χ0v) is 15.2. The van der Waals surface area contributed by atoms with Crippen LogP contribution in [0, 0.1) is 11.7 Å². The fourth-order valence-corrected chi connectivity index (χ4v) is 4.93. The van der Waals surface area contributed by atoms with Crippen molar-refractivity contribution in [1.82, 2.24) is 9.88 Å². The molecule has 2 fully saturated rings. The lowest BCUT2D eigenvalue weighted by molar-refractivity contribution is -0.136. The van der Waals surface area contributed by atoms with E-state index in [-0.39, 0.29) is 11.7 Å². The van der Waals surface area contributed by atoms with Crippen LogP contribution in [0.3, 0.4) is 0 Å². The summed E-state index contributed by atoms with van der Waals surface area (Å²) in [6.45, 7) is 3.57. The van der Waals surface area contributed by atoms with Crippen molar-refractivity contribution in [2.24, 2.45) is 5.92 Å². The lowest BCUT2D eigenvalue weighted by atomic mass is 9.95. The summed E-state index contributed by atoms with van der Waals surface area (Å²) >= 11 is 1.54. The first-order chi connectivity index (χ1) is 12.2. The topological polar surface area (TPSA) is 36.4 Å². The van der Waals surface area contributed by atoms with Crippen molar-refractivity contribution in [1.29, 1.82) is 0 Å². The van der Waals surface area contributed by atoms with Crippen LogP contribution in [0.2, 0.25) is 0 Å². The number of carbonyl (C=O) groups is 1. The molecule has 0 aliphatic carbocycles. The van der Waals surface area contributed by atoms with Gasteiger partial charge in [-0.2, -0.15) is 0 Å². The number of likely N-dealkylation sites (tertiary alicyclic amines) is 1. The number of anilines is 1. The summed E-state index contributed by atoms with van der Waals surface area (Å²) in [5, 5.41) is 0.946. The van der Waals surface area contributed by atoms with E-state index in [9.17, 15) is 9.18 Å². The van der Waals surface area contributed by atoms with Crippen LogP contribution in [-0.2, 0) is 4.79 Å². The zero-order chi connectivity index (χ0) is 17.2. The minimum atomic E-state index is -0.218. The van der Waals surface area contributed by atoms with Crippen molar-refractivity contribution in [3.05, 3.63) is 24.0 Å². The first kappa shape index (κ1) is 16.8. The van der Waals surface area contributed by atoms with Gasteiger partial charge in [0.1, 0.15) is 5.82 Å². The van der Waals surface area contributed by atoms with Gasteiger partial charge in [-0.05, 0) is 43.9 Å². The third-order valence-electron chi connectivity index (χ3n) is 5.37. The SMILES string of the molecule is O=C(C1CCN(c2nc3ccc(F)cc3s2)CC1)N1CCCCCC1. The van der Waals surface area contributed by atoms with Gasteiger partial charge in [-0.25, -0.2) is 9.37 Å². The lowest BCUT2D eigenvalue weighted by Crippen LogP contribution is -2.43. The Labute approximate surface area is 151 Å². The number of rotatable bonds is 2. The van der Waals surface area contributed by atoms with Crippen molar-refractivity contribution in [3.63, 3.8) is 0 Å². The summed E-state index contributed by atoms with van der Waals surface area (Å²) in [5.74, 6) is 0.290. The molecule has 4 rings (SSSR count). The first-order valence-corrected chi connectivity index (χ1v) is 10.1. The van der Waals surface area contributed by atoms with E-state index in [2.05, 4.69) is 14.8 Å². The van der Waals surface area contributed by atoms with Gasteiger partial charge in [0.05, 0.1) is 10.2 Å². The molecule has 2 aliphatic rings. The van der Waals surface area contributed by atoms with Gasteiger partial charge in [0.2, 0.25) is 5.91 Å². The normalized spacial score (nSPS) is 20.0. The van der Waals surface area contributed by atoms with Gasteiger partial charge in [0.25, 0.3) is 0 Å². The number of hydrogen-bond acceptors (Lipinski definition) is 4. The molecule has 0 radical (unpaired) electrons. The number of halogens is 1. The Morgan fingerprint density at radius 1 is 1.08 bits per heavy atom. The maximum absolute atomic E-state index is 13.4. The summed E-state index contributed by atoms with van der Waals surface area (Å²) in [4.78, 5) is 21.7. The van der Waals surface area contributed by atoms with E-state index in [1.165, 1.54) is 30.2 Å². The third-order valence-corrected chi connectivity index (χ3v) is 6.45. The second kappa shape index (κ2) is 7.28. The highest BCUT2D eigenvalue weighted by atomic mass is 32.1. The fraction of sp³-hybridized carbons (Fsp3) is 0.579. The monoisotopic (exact) mass is 361 g/mol. The Hall–Kier alpha value is -1.69. The van der Waals surface area contributed by atoms with Gasteiger partial charge in [-0.15, -0.1) is 0 Å². The van der Waals surface area contributed by atoms with Crippen LogP contribution in [0.1, 0.15) is 38.5 Å². The Morgan fingerprint density at radius 2 is 1.80 bits per heavy atom. The molecule has 6 heteroatoms. The Morgan fingerprint density at radius 3 is 2.52 bits per heavy atom. The van der Waals surface area contributed by atoms with E-state index in [0.717, 1.165) is 67.2 Å². The molecule has 3 heterocycles. The van der Waals surface area contributed by atoms with Crippen LogP contribution in [-0.4, -0.2) is 42.0 Å². The van der Waals surface area contributed by atoms with Gasteiger partial charge in [-0.1, -0.05) is 24.2 Å². The average molecular weight is 361 g/mol. The predicted octanol–water partition coefficient (Wildman–Crippen LogP) is 4.05. The van der Waals surface area contributed by atoms with Crippen molar-refractivity contribution >= 4 is 32.6 Å². The minimum Gasteiger partial charge on any atom is -0.348 e. The van der Waals surface area contributed by atoms with Crippen molar-refractivity contribution in [3.8, 4) is 0 Å². The molecule has 0 unspecified atom stereocenters. The molecule has 2 aromatic rings. The molecule has 1 amide bonds. The summed E-state index contributed by atoms with van der Waals surface area (Å²) in [5.41, 5.74) is 0.851. The molecule has 2 aliphatic heterocycles. The zero-order valence-electron chi connectivity index (χ0n) is 14.4. The van der Waals surface area contributed by atoms with Crippen LogP contribution >= 0.6 is 11.3 Å². The van der Waals surface area contributed by atoms with Crippen LogP contribution in [0.25, 0.3) is 10.2 Å². The van der Waals surface area contributed by atoms with E-state index in [1.54, 1.807) is 12.1 Å². The second-order valence-electron chi connectivity index (χ2n) is 7.11. The van der Waals surface area contributed by atoms with Gasteiger partial charge in [-0.3, -0.25) is 4.79 Å². The molecule has 0 N–H and O–H groups in total. The maximum Gasteiger partial charge on any atom is 0.225 e. The molecule has 0 bridgehead atoms. The Bertz CT molecular complexity index is 746. The molecule has 1 aromatic heterocycles. The van der Waals surface area contributed by atoms with Gasteiger partial charge < -0.3 is 9.80 Å². The largest absolute Gasteiger partial charge is 0.348 e. The molecule has 0 atom stereocenters.